The lowest BCUT2D eigenvalue weighted by atomic mass is 9.33. The van der Waals surface area contributed by atoms with Crippen LogP contribution in [0.5, 0.6) is 0 Å². The molecule has 0 aromatic heterocycles. The van der Waals surface area contributed by atoms with Crippen LogP contribution in [0.4, 0.5) is 0 Å². The van der Waals surface area contributed by atoms with Crippen LogP contribution < -0.4 is 0 Å². The van der Waals surface area contributed by atoms with Gasteiger partial charge in [-0.3, -0.25) is 4.79 Å². The molecule has 14 aliphatic rings. The topological polar surface area (TPSA) is 715 Å². The van der Waals surface area contributed by atoms with Crippen molar-refractivity contribution >= 4 is 11.9 Å². The van der Waals surface area contributed by atoms with Gasteiger partial charge in [-0.05, 0) is 138 Å². The van der Waals surface area contributed by atoms with Crippen LogP contribution in [0.25, 0.3) is 0 Å². The Kier molecular flexibility index (Phi) is 34.3. The van der Waals surface area contributed by atoms with Gasteiger partial charge < -0.3 is 218 Å². The van der Waals surface area contributed by atoms with Gasteiger partial charge in [0.25, 0.3) is 0 Å². The summed E-state index contributed by atoms with van der Waals surface area (Å²) in [6, 6.07) is 0. The highest BCUT2D eigenvalue weighted by Gasteiger charge is 2.73. The van der Waals surface area contributed by atoms with Crippen molar-refractivity contribution < 1.29 is 227 Å². The maximum Gasteiger partial charge on any atom is 0.333 e. The average Bonchev–Trinajstić information content (AvgIpc) is 0.792. The number of carbonyl (C=O) groups is 2. The fraction of sp³-hybridized carbons (Fsp3) is 0.913. The molecule has 14 rings (SSSR count). The molecular weight excluding hydrogens is 1840 g/mol. The zero-order valence-corrected chi connectivity index (χ0v) is 79.4. The lowest BCUT2D eigenvalue weighted by Gasteiger charge is -2.71. The van der Waals surface area contributed by atoms with E-state index in [2.05, 4.69) is 33.4 Å². The fourth-order valence-corrected chi connectivity index (χ4v) is 24.4. The summed E-state index contributed by atoms with van der Waals surface area (Å²) in [6.07, 6.45) is -69.5. The van der Waals surface area contributed by atoms with Crippen LogP contribution in [0.3, 0.4) is 0 Å². The monoisotopic (exact) mass is 1990 g/mol. The zero-order valence-electron chi connectivity index (χ0n) is 79.4. The van der Waals surface area contributed by atoms with Crippen LogP contribution in [-0.2, 0) is 99.6 Å². The van der Waals surface area contributed by atoms with Crippen molar-refractivity contribution in [3.63, 3.8) is 0 Å². The molecule has 46 nitrogen and oxygen atoms in total. The zero-order chi connectivity index (χ0) is 101. The first-order chi connectivity index (χ1) is 64.7. The number of esters is 2. The predicted molar refractivity (Wildman–Crippen MR) is 459 cm³/mol. The Bertz CT molecular complexity index is 4130. The number of rotatable bonds is 29. The van der Waals surface area contributed by atoms with Crippen LogP contribution >= 0.6 is 0 Å². The standard InChI is InChI=1S/C92H148O46/c1-14-88(10,138-81-68(116)58(106)50(98)35(3)122-81)21-15-16-34(2)75(118)130-49-27-92(85(119)137-84-74(62(110)55(103)43(30-95)128-84)136-80-69(117)71(133-78-66(114)59(107)53(101)41(28-93)125-78)70(37(5)124-80)132-77-65(113)56(104)44(31-96)127-77)25-24-90(12)38(39(92)26-86(49,6)7)17-18-47-89(11)22-20-48(87(8,9)46(89)19-23-91(47,90)13)131-83-73(135-79-67(115)60(108)54(102)42(29-94)126-79)63(111)57(105)45(129-83)33-121-82-72(61(109)51(99)36(4)123-82)134-76-64(112)52(100)40(97)32-120-76/h14,16-17,35-37,39-74,76-84,93-117H,1,15,18-33H2,2-13H3. The van der Waals surface area contributed by atoms with Crippen LogP contribution in [0, 0.1) is 50.2 Å². The smallest absolute Gasteiger partial charge is 0.333 e. The van der Waals surface area contributed by atoms with Crippen LogP contribution in [0.1, 0.15) is 154 Å². The van der Waals surface area contributed by atoms with Gasteiger partial charge in [0.15, 0.2) is 56.4 Å². The van der Waals surface area contributed by atoms with Gasteiger partial charge in [0, 0.05) is 17.4 Å². The van der Waals surface area contributed by atoms with Crippen molar-refractivity contribution in [3.05, 3.63) is 36.0 Å². The second-order valence-electron chi connectivity index (χ2n) is 42.7. The van der Waals surface area contributed by atoms with E-state index in [1.54, 1.807) is 19.9 Å². The Balaban J connectivity index is 0.759. The van der Waals surface area contributed by atoms with Gasteiger partial charge in [0.05, 0.1) is 75.1 Å². The van der Waals surface area contributed by atoms with Gasteiger partial charge in [0.2, 0.25) is 6.29 Å². The Hall–Kier alpha value is -3.52. The number of allylic oxidation sites excluding steroid dienone is 3. The highest BCUT2D eigenvalue weighted by Crippen LogP contribution is 2.76. The third-order valence-corrected chi connectivity index (χ3v) is 33.5. The Labute approximate surface area is 797 Å². The molecule has 5 aliphatic carbocycles. The summed E-state index contributed by atoms with van der Waals surface area (Å²) in [7, 11) is 0. The number of carbonyl (C=O) groups excluding carboxylic acids is 2. The number of ether oxygens (including phenoxy) is 19. The van der Waals surface area contributed by atoms with E-state index < -0.39 is 372 Å². The summed E-state index contributed by atoms with van der Waals surface area (Å²) in [6.45, 7) is 21.2. The van der Waals surface area contributed by atoms with E-state index in [0.717, 1.165) is 5.57 Å². The third-order valence-electron chi connectivity index (χ3n) is 33.5. The molecule has 13 fully saturated rings. The number of aliphatic hydroxyl groups is 25. The number of hydrogen-bond donors (Lipinski definition) is 25. The van der Waals surface area contributed by atoms with E-state index in [0.29, 0.717) is 32.1 Å². The van der Waals surface area contributed by atoms with Gasteiger partial charge >= 0.3 is 11.9 Å². The van der Waals surface area contributed by atoms with Crippen molar-refractivity contribution in [2.24, 2.45) is 50.2 Å². The quantitative estimate of drug-likeness (QED) is 0.0143. The van der Waals surface area contributed by atoms with E-state index in [1.165, 1.54) is 26.8 Å². The van der Waals surface area contributed by atoms with Crippen molar-refractivity contribution in [2.45, 2.75) is 436 Å². The highest BCUT2D eigenvalue weighted by atomic mass is 16.8. The van der Waals surface area contributed by atoms with Crippen molar-refractivity contribution in [1.29, 1.82) is 0 Å². The van der Waals surface area contributed by atoms with Crippen molar-refractivity contribution in [3.8, 4) is 0 Å². The lowest BCUT2D eigenvalue weighted by Crippen LogP contribution is -2.68. The molecule has 0 aromatic rings. The SMILES string of the molecule is C=CC(C)(CCC=C(C)C(=O)OC1CC2(C(=O)OC3OC(CO)C(O)C(O)C3OC3OC(C)C(OC4OC(CO)C(O)C4O)C(OC4OC(CO)C(O)C(O)C4O)C3O)CCC3(C)C(=CCC4C5(C)CCC(OC6OC(COC7OC(C)C(O)C(O)C7OC7OCC(O)C(O)C7O)C(O)C(O)C6OC6OC(CO)C(O)C(O)C6O)C(C)(C)C5CCC43C)C2CC1(C)C)OC1OC(C)C(O)C(O)C1O. The lowest BCUT2D eigenvalue weighted by molar-refractivity contribution is -0.390. The van der Waals surface area contributed by atoms with Gasteiger partial charge in [-0.25, -0.2) is 4.79 Å². The molecule has 0 bridgehead atoms. The first kappa shape index (κ1) is 110. The van der Waals surface area contributed by atoms with E-state index >= 15 is 4.79 Å². The minimum Gasteiger partial charge on any atom is -0.458 e. The molecule has 25 N–H and O–H groups in total. The molecule has 0 spiro atoms. The van der Waals surface area contributed by atoms with Crippen LogP contribution in [0.2, 0.25) is 0 Å². The molecule has 0 aromatic carbocycles. The van der Waals surface area contributed by atoms with Gasteiger partial charge in [-0.15, -0.1) is 6.58 Å². The molecule has 4 saturated carbocycles. The summed E-state index contributed by atoms with van der Waals surface area (Å²) in [5.74, 6) is -2.84. The molecule has 9 aliphatic heterocycles. The summed E-state index contributed by atoms with van der Waals surface area (Å²) < 4.78 is 117. The summed E-state index contributed by atoms with van der Waals surface area (Å²) in [4.78, 5) is 31.7. The molecule has 53 atom stereocenters. The fourth-order valence-electron chi connectivity index (χ4n) is 24.4. The molecule has 792 valence electrons. The Morgan fingerprint density at radius 1 is 0.442 bits per heavy atom. The third kappa shape index (κ3) is 20.5. The van der Waals surface area contributed by atoms with E-state index in [-0.39, 0.29) is 55.9 Å². The van der Waals surface area contributed by atoms with Crippen molar-refractivity contribution in [2.75, 3.05) is 39.6 Å². The normalized spacial score (nSPS) is 51.9. The van der Waals surface area contributed by atoms with Crippen LogP contribution in [0.15, 0.2) is 36.0 Å². The first-order valence-corrected chi connectivity index (χ1v) is 48.0. The maximum atomic E-state index is 16.8. The van der Waals surface area contributed by atoms with E-state index in [9.17, 15) is 132 Å². The molecule has 53 unspecified atom stereocenters. The minimum atomic E-state index is -2.24. The molecule has 0 amide bonds. The highest BCUT2D eigenvalue weighted by molar-refractivity contribution is 5.88. The number of fused-ring (bicyclic) bond motifs is 7. The molecular formula is C92H148O46. The molecule has 46 heteroatoms. The molecule has 9 saturated heterocycles. The summed E-state index contributed by atoms with van der Waals surface area (Å²) in [5, 5.41) is 276. The number of aliphatic hydroxyl groups excluding tert-OH is 25. The number of hydrogen-bond acceptors (Lipinski definition) is 46. The van der Waals surface area contributed by atoms with E-state index in [4.69, 9.17) is 90.0 Å². The summed E-state index contributed by atoms with van der Waals surface area (Å²) >= 11 is 0. The predicted octanol–water partition coefficient (Wildman–Crippen LogP) is -7.37. The van der Waals surface area contributed by atoms with Gasteiger partial charge in [-0.2, -0.15) is 0 Å². The minimum absolute atomic E-state index is 0.0209. The first-order valence-electron chi connectivity index (χ1n) is 48.0. The second kappa shape index (κ2) is 43.0. The van der Waals surface area contributed by atoms with E-state index in [1.807, 2.05) is 27.7 Å². The maximum absolute atomic E-state index is 16.8. The Morgan fingerprint density at radius 2 is 0.899 bits per heavy atom. The van der Waals surface area contributed by atoms with Crippen LogP contribution in [-0.4, -0.2) is 461 Å². The molecule has 9 heterocycles. The Morgan fingerprint density at radius 3 is 1.48 bits per heavy atom. The summed E-state index contributed by atoms with van der Waals surface area (Å²) in [5.41, 5.74) is -5.66. The van der Waals surface area contributed by atoms with Gasteiger partial charge in [-0.1, -0.05) is 72.3 Å². The molecule has 138 heavy (non-hydrogen) atoms. The van der Waals surface area contributed by atoms with Crippen molar-refractivity contribution in [1.82, 2.24) is 0 Å². The average molecular weight is 1990 g/mol. The second-order valence-corrected chi connectivity index (χ2v) is 42.7. The van der Waals surface area contributed by atoms with Gasteiger partial charge in [0.1, 0.15) is 189 Å². The largest absolute Gasteiger partial charge is 0.458 e. The molecule has 0 radical (unpaired) electrons.